The number of benzene rings is 1. The molecular formula is C20H27N5O2. The number of hydrogen-bond donors (Lipinski definition) is 2. The second-order valence-corrected chi connectivity index (χ2v) is 6.58. The highest BCUT2D eigenvalue weighted by molar-refractivity contribution is 5.94. The first-order valence-corrected chi connectivity index (χ1v) is 9.51. The molecule has 0 bridgehead atoms. The van der Waals surface area contributed by atoms with E-state index in [1.54, 1.807) is 6.20 Å². The number of aliphatic hydroxyl groups excluding tert-OH is 1. The van der Waals surface area contributed by atoms with Crippen LogP contribution in [0.4, 0.5) is 5.82 Å². The number of hydrogen-bond acceptors (Lipinski definition) is 6. The lowest BCUT2D eigenvalue weighted by Gasteiger charge is -2.34. The molecule has 1 amide bonds. The zero-order valence-electron chi connectivity index (χ0n) is 15.8. The molecule has 1 fully saturated rings. The van der Waals surface area contributed by atoms with Gasteiger partial charge >= 0.3 is 0 Å². The zero-order valence-corrected chi connectivity index (χ0v) is 15.8. The lowest BCUT2D eigenvalue weighted by atomic mass is 10.1. The van der Waals surface area contributed by atoms with E-state index < -0.39 is 0 Å². The van der Waals surface area contributed by atoms with E-state index in [0.717, 1.165) is 57.1 Å². The molecule has 1 saturated heterocycles. The van der Waals surface area contributed by atoms with Gasteiger partial charge in [0.05, 0.1) is 0 Å². The first kappa shape index (κ1) is 19.3. The number of aromatic nitrogens is 2. The van der Waals surface area contributed by atoms with E-state index >= 15 is 0 Å². The Kier molecular flexibility index (Phi) is 6.73. The summed E-state index contributed by atoms with van der Waals surface area (Å²) in [6.07, 6.45) is 2.52. The highest BCUT2D eigenvalue weighted by Gasteiger charge is 2.21. The van der Waals surface area contributed by atoms with Gasteiger partial charge in [-0.25, -0.2) is 9.97 Å². The lowest BCUT2D eigenvalue weighted by molar-refractivity contribution is 0.0629. The van der Waals surface area contributed by atoms with Gasteiger partial charge < -0.3 is 15.3 Å². The van der Waals surface area contributed by atoms with Crippen molar-refractivity contribution < 1.29 is 9.90 Å². The molecule has 1 aliphatic heterocycles. The summed E-state index contributed by atoms with van der Waals surface area (Å²) in [5, 5.41) is 12.1. The van der Waals surface area contributed by atoms with Crippen molar-refractivity contribution in [2.45, 2.75) is 13.3 Å². The van der Waals surface area contributed by atoms with Crippen LogP contribution in [-0.2, 0) is 0 Å². The van der Waals surface area contributed by atoms with Gasteiger partial charge in [0.2, 0.25) is 0 Å². The maximum absolute atomic E-state index is 12.7. The summed E-state index contributed by atoms with van der Waals surface area (Å²) in [5.74, 6) is 1.50. The van der Waals surface area contributed by atoms with E-state index in [9.17, 15) is 4.79 Å². The molecule has 27 heavy (non-hydrogen) atoms. The van der Waals surface area contributed by atoms with Gasteiger partial charge in [-0.1, -0.05) is 12.1 Å². The monoisotopic (exact) mass is 369 g/mol. The molecule has 0 spiro atoms. The van der Waals surface area contributed by atoms with Crippen LogP contribution in [0.1, 0.15) is 23.7 Å². The Morgan fingerprint density at radius 3 is 2.56 bits per heavy atom. The maximum atomic E-state index is 12.7. The number of carbonyl (C=O) groups is 1. The van der Waals surface area contributed by atoms with Crippen molar-refractivity contribution in [3.05, 3.63) is 42.1 Å². The van der Waals surface area contributed by atoms with Crippen LogP contribution < -0.4 is 5.32 Å². The third kappa shape index (κ3) is 5.02. The fourth-order valence-electron chi connectivity index (χ4n) is 3.19. The number of carbonyl (C=O) groups excluding carboxylic acids is 1. The molecule has 0 radical (unpaired) electrons. The van der Waals surface area contributed by atoms with Crippen LogP contribution in [0.5, 0.6) is 0 Å². The fourth-order valence-corrected chi connectivity index (χ4v) is 3.19. The summed E-state index contributed by atoms with van der Waals surface area (Å²) < 4.78 is 0. The van der Waals surface area contributed by atoms with Crippen LogP contribution in [-0.4, -0.2) is 76.7 Å². The molecule has 7 heteroatoms. The van der Waals surface area contributed by atoms with Crippen molar-refractivity contribution in [2.75, 3.05) is 51.2 Å². The molecule has 0 aliphatic carbocycles. The van der Waals surface area contributed by atoms with Crippen LogP contribution in [0.2, 0.25) is 0 Å². The fraction of sp³-hybridized carbons (Fsp3) is 0.450. The van der Waals surface area contributed by atoms with Gasteiger partial charge in [-0.15, -0.1) is 0 Å². The molecule has 3 rings (SSSR count). The Labute approximate surface area is 160 Å². The van der Waals surface area contributed by atoms with Crippen molar-refractivity contribution in [1.29, 1.82) is 0 Å². The zero-order chi connectivity index (χ0) is 19.1. The average Bonchev–Trinajstić information content (AvgIpc) is 2.73. The summed E-state index contributed by atoms with van der Waals surface area (Å²) in [6, 6.07) is 9.33. The largest absolute Gasteiger partial charge is 0.396 e. The first-order chi connectivity index (χ1) is 13.2. The maximum Gasteiger partial charge on any atom is 0.253 e. The van der Waals surface area contributed by atoms with E-state index in [4.69, 9.17) is 5.11 Å². The highest BCUT2D eigenvalue weighted by Crippen LogP contribution is 2.18. The molecule has 0 unspecified atom stereocenters. The number of nitrogens with one attached hydrogen (secondary N) is 1. The summed E-state index contributed by atoms with van der Waals surface area (Å²) in [7, 11) is 0. The number of piperazine rings is 1. The smallest absolute Gasteiger partial charge is 0.253 e. The van der Waals surface area contributed by atoms with Crippen LogP contribution in [0.15, 0.2) is 36.5 Å². The normalized spacial score (nSPS) is 15.0. The van der Waals surface area contributed by atoms with Crippen molar-refractivity contribution in [3.63, 3.8) is 0 Å². The van der Waals surface area contributed by atoms with E-state index in [0.29, 0.717) is 11.4 Å². The molecule has 0 saturated carbocycles. The average molecular weight is 369 g/mol. The van der Waals surface area contributed by atoms with E-state index in [-0.39, 0.29) is 12.5 Å². The standard InChI is InChI=1S/C20H27N5O2/c1-2-21-18-8-9-22-19(23-18)16-4-6-17(7-5-16)20(27)25-13-11-24(12-14-25)10-3-15-26/h4-9,26H,2-3,10-15H2,1H3,(H,21,22,23). The molecule has 2 aromatic rings. The van der Waals surface area contributed by atoms with E-state index in [1.165, 1.54) is 0 Å². The second kappa shape index (κ2) is 9.43. The summed E-state index contributed by atoms with van der Waals surface area (Å²) >= 11 is 0. The van der Waals surface area contributed by atoms with Gasteiger partial charge in [0.1, 0.15) is 5.82 Å². The minimum Gasteiger partial charge on any atom is -0.396 e. The highest BCUT2D eigenvalue weighted by atomic mass is 16.3. The van der Waals surface area contributed by atoms with E-state index in [2.05, 4.69) is 20.2 Å². The SMILES string of the molecule is CCNc1ccnc(-c2ccc(C(=O)N3CCN(CCCO)CC3)cc2)n1. The van der Waals surface area contributed by atoms with Crippen LogP contribution in [0, 0.1) is 0 Å². The molecule has 1 aromatic heterocycles. The molecular weight excluding hydrogens is 342 g/mol. The number of amides is 1. The summed E-state index contributed by atoms with van der Waals surface area (Å²) in [5.41, 5.74) is 1.57. The second-order valence-electron chi connectivity index (χ2n) is 6.58. The third-order valence-corrected chi connectivity index (χ3v) is 4.70. The molecule has 1 aliphatic rings. The van der Waals surface area contributed by atoms with Crippen LogP contribution >= 0.6 is 0 Å². The van der Waals surface area contributed by atoms with Crippen molar-refractivity contribution in [1.82, 2.24) is 19.8 Å². The van der Waals surface area contributed by atoms with Gasteiger partial charge in [0.15, 0.2) is 5.82 Å². The van der Waals surface area contributed by atoms with Crippen LogP contribution in [0.3, 0.4) is 0 Å². The third-order valence-electron chi connectivity index (χ3n) is 4.70. The molecule has 0 atom stereocenters. The number of rotatable bonds is 7. The van der Waals surface area contributed by atoms with E-state index in [1.807, 2.05) is 42.2 Å². The van der Waals surface area contributed by atoms with Crippen molar-refractivity contribution in [2.24, 2.45) is 0 Å². The molecule has 2 N–H and O–H groups in total. The number of anilines is 1. The van der Waals surface area contributed by atoms with Crippen molar-refractivity contribution >= 4 is 11.7 Å². The molecule has 7 nitrogen and oxygen atoms in total. The summed E-state index contributed by atoms with van der Waals surface area (Å²) in [6.45, 7) is 7.08. The number of nitrogens with zero attached hydrogens (tertiary/aromatic N) is 4. The summed E-state index contributed by atoms with van der Waals surface area (Å²) in [4.78, 5) is 25.7. The van der Waals surface area contributed by atoms with Gasteiger partial charge in [-0.05, 0) is 31.5 Å². The van der Waals surface area contributed by atoms with Gasteiger partial charge in [-0.3, -0.25) is 9.69 Å². The van der Waals surface area contributed by atoms with Gasteiger partial charge in [-0.2, -0.15) is 0 Å². The molecule has 2 heterocycles. The van der Waals surface area contributed by atoms with Gasteiger partial charge in [0, 0.05) is 63.2 Å². The Morgan fingerprint density at radius 1 is 1.15 bits per heavy atom. The van der Waals surface area contributed by atoms with Crippen molar-refractivity contribution in [3.8, 4) is 11.4 Å². The van der Waals surface area contributed by atoms with Gasteiger partial charge in [0.25, 0.3) is 5.91 Å². The predicted molar refractivity (Wildman–Crippen MR) is 106 cm³/mol. The first-order valence-electron chi connectivity index (χ1n) is 9.51. The Balaban J connectivity index is 1.62. The minimum absolute atomic E-state index is 0.0608. The Bertz CT molecular complexity index is 742. The lowest BCUT2D eigenvalue weighted by Crippen LogP contribution is -2.48. The molecule has 1 aromatic carbocycles. The molecule has 144 valence electrons. The predicted octanol–water partition coefficient (Wildman–Crippen LogP) is 1.72. The topological polar surface area (TPSA) is 81.6 Å². The quantitative estimate of drug-likeness (QED) is 0.773. The minimum atomic E-state index is 0.0608. The Hall–Kier alpha value is -2.51. The number of aliphatic hydroxyl groups is 1. The Morgan fingerprint density at radius 2 is 1.89 bits per heavy atom. The van der Waals surface area contributed by atoms with Crippen LogP contribution in [0.25, 0.3) is 11.4 Å².